The average molecular weight is 496 g/mol. The first-order valence-corrected chi connectivity index (χ1v) is 13.0. The summed E-state index contributed by atoms with van der Waals surface area (Å²) in [5.74, 6) is -1.90. The summed E-state index contributed by atoms with van der Waals surface area (Å²) in [6, 6.07) is 5.98. The summed E-state index contributed by atoms with van der Waals surface area (Å²) < 4.78 is 80.7. The fourth-order valence-electron chi connectivity index (χ4n) is 4.80. The molecule has 0 amide bonds. The second-order valence-corrected chi connectivity index (χ2v) is 11.2. The summed E-state index contributed by atoms with van der Waals surface area (Å²) in [7, 11) is -3.43. The maximum atomic E-state index is 15.0. The highest BCUT2D eigenvalue weighted by molar-refractivity contribution is 7.88. The van der Waals surface area contributed by atoms with Gasteiger partial charge in [0.25, 0.3) is 0 Å². The van der Waals surface area contributed by atoms with Crippen LogP contribution < -0.4 is 9.46 Å². The maximum absolute atomic E-state index is 15.0. The summed E-state index contributed by atoms with van der Waals surface area (Å²) in [6.45, 7) is -0.0671. The van der Waals surface area contributed by atoms with Crippen molar-refractivity contribution in [1.29, 1.82) is 0 Å². The van der Waals surface area contributed by atoms with E-state index in [1.807, 2.05) is 0 Å². The zero-order valence-electron chi connectivity index (χ0n) is 17.6. The number of benzene rings is 2. The van der Waals surface area contributed by atoms with Crippen LogP contribution in [0.2, 0.25) is 0 Å². The Morgan fingerprint density at radius 1 is 1.15 bits per heavy atom. The van der Waals surface area contributed by atoms with Crippen molar-refractivity contribution in [2.75, 3.05) is 6.26 Å². The number of hydrogen-bond acceptors (Lipinski definition) is 6. The minimum Gasteiger partial charge on any atom is -0.483 e. The van der Waals surface area contributed by atoms with Crippen molar-refractivity contribution in [2.24, 2.45) is 0 Å². The van der Waals surface area contributed by atoms with Gasteiger partial charge in [-0.3, -0.25) is 0 Å². The molecule has 33 heavy (non-hydrogen) atoms. The Balaban J connectivity index is 1.66. The van der Waals surface area contributed by atoms with Gasteiger partial charge in [0.1, 0.15) is 24.1 Å². The molecule has 1 aliphatic carbocycles. The van der Waals surface area contributed by atoms with Gasteiger partial charge in [-0.05, 0) is 54.9 Å². The summed E-state index contributed by atoms with van der Waals surface area (Å²) in [5, 5.41) is 0.489. The van der Waals surface area contributed by atoms with E-state index >= 15 is 0 Å². The number of sulfonamides is 1. The third-order valence-electron chi connectivity index (χ3n) is 6.19. The van der Waals surface area contributed by atoms with E-state index in [9.17, 15) is 21.6 Å². The van der Waals surface area contributed by atoms with E-state index in [0.717, 1.165) is 23.9 Å². The number of halogens is 3. The van der Waals surface area contributed by atoms with Crippen LogP contribution in [0.4, 0.5) is 13.2 Å². The molecule has 0 saturated heterocycles. The highest BCUT2D eigenvalue weighted by Gasteiger charge is 2.45. The smallest absolute Gasteiger partial charge is 0.208 e. The van der Waals surface area contributed by atoms with Crippen molar-refractivity contribution in [3.63, 3.8) is 0 Å². The number of nitrogens with zero attached hydrogens (tertiary/aromatic N) is 2. The van der Waals surface area contributed by atoms with Crippen LogP contribution in [0.5, 0.6) is 5.75 Å². The van der Waals surface area contributed by atoms with Crippen molar-refractivity contribution in [1.82, 2.24) is 14.1 Å². The normalized spacial score (nSPS) is 22.4. The lowest BCUT2D eigenvalue weighted by Gasteiger charge is -2.27. The molecule has 1 N–H and O–H groups in total. The molecule has 11 heteroatoms. The lowest BCUT2D eigenvalue weighted by Crippen LogP contribution is -2.35. The van der Waals surface area contributed by atoms with E-state index in [0.29, 0.717) is 30.1 Å². The van der Waals surface area contributed by atoms with Crippen LogP contribution in [0.15, 0.2) is 30.3 Å². The zero-order valence-corrected chi connectivity index (χ0v) is 19.2. The van der Waals surface area contributed by atoms with Crippen molar-refractivity contribution >= 4 is 21.6 Å². The van der Waals surface area contributed by atoms with Crippen LogP contribution in [0, 0.1) is 17.5 Å². The van der Waals surface area contributed by atoms with Gasteiger partial charge in [-0.15, -0.1) is 0 Å². The Bertz CT molecular complexity index is 1350. The third-order valence-corrected chi connectivity index (χ3v) is 7.64. The van der Waals surface area contributed by atoms with Gasteiger partial charge in [0.2, 0.25) is 10.0 Å². The van der Waals surface area contributed by atoms with Crippen LogP contribution in [0.1, 0.15) is 35.7 Å². The van der Waals surface area contributed by atoms with E-state index in [-0.39, 0.29) is 41.5 Å². The molecule has 1 spiro atoms. The molecule has 0 unspecified atom stereocenters. The highest BCUT2D eigenvalue weighted by atomic mass is 32.2. The van der Waals surface area contributed by atoms with Crippen LogP contribution in [0.25, 0.3) is 11.1 Å². The Morgan fingerprint density at radius 3 is 2.76 bits per heavy atom. The van der Waals surface area contributed by atoms with Crippen molar-refractivity contribution < 1.29 is 26.3 Å². The molecule has 1 aliphatic heterocycles. The first-order chi connectivity index (χ1) is 15.6. The minimum absolute atomic E-state index is 0.0318. The molecule has 1 aromatic heterocycles. The van der Waals surface area contributed by atoms with Gasteiger partial charge in [0.05, 0.1) is 6.26 Å². The predicted octanol–water partition coefficient (Wildman–Crippen LogP) is 4.10. The van der Waals surface area contributed by atoms with E-state index in [1.54, 1.807) is 0 Å². The second kappa shape index (κ2) is 8.07. The van der Waals surface area contributed by atoms with Crippen LogP contribution in [-0.4, -0.2) is 30.1 Å². The first kappa shape index (κ1) is 22.3. The molecule has 2 atom stereocenters. The average Bonchev–Trinajstić information content (AvgIpc) is 3.35. The first-order valence-electron chi connectivity index (χ1n) is 10.3. The monoisotopic (exact) mass is 495 g/mol. The number of hydrogen-bond donors (Lipinski definition) is 1. The number of para-hydroxylation sites is 1. The van der Waals surface area contributed by atoms with Gasteiger partial charge in [0.15, 0.2) is 16.6 Å². The van der Waals surface area contributed by atoms with Gasteiger partial charge in [-0.2, -0.15) is 4.37 Å². The van der Waals surface area contributed by atoms with E-state index in [4.69, 9.17) is 4.74 Å². The zero-order chi connectivity index (χ0) is 23.4. The number of nitrogens with one attached hydrogen (secondary N) is 1. The van der Waals surface area contributed by atoms with Gasteiger partial charge in [0, 0.05) is 28.7 Å². The van der Waals surface area contributed by atoms with Crippen LogP contribution in [0.3, 0.4) is 0 Å². The quantitative estimate of drug-likeness (QED) is 0.579. The van der Waals surface area contributed by atoms with Gasteiger partial charge in [-0.25, -0.2) is 31.3 Å². The molecule has 2 heterocycles. The van der Waals surface area contributed by atoms with Gasteiger partial charge in [-0.1, -0.05) is 12.1 Å². The summed E-state index contributed by atoms with van der Waals surface area (Å²) in [5.41, 5.74) is -0.309. The van der Waals surface area contributed by atoms with Crippen molar-refractivity contribution in [3.05, 3.63) is 64.2 Å². The van der Waals surface area contributed by atoms with Crippen molar-refractivity contribution in [2.45, 2.75) is 43.7 Å². The van der Waals surface area contributed by atoms with Crippen molar-refractivity contribution in [3.8, 4) is 16.9 Å². The molecule has 2 aliphatic rings. The molecule has 1 saturated carbocycles. The molecular formula is C22H20F3N3O3S2. The number of aromatic nitrogens is 2. The second-order valence-electron chi connectivity index (χ2n) is 8.63. The summed E-state index contributed by atoms with van der Waals surface area (Å²) in [4.78, 5) is 4.59. The van der Waals surface area contributed by atoms with Crippen LogP contribution >= 0.6 is 11.5 Å². The van der Waals surface area contributed by atoms with E-state index in [2.05, 4.69) is 14.1 Å². The molecule has 4 bridgehead atoms. The largest absolute Gasteiger partial charge is 0.483 e. The SMILES string of the molecule is CS(=O)(=O)N[C@H]1CC[C@@]2(Cc3cc(c(F)cc3F)-c3cccc(F)c3OCc3nc2ns3)C1. The maximum Gasteiger partial charge on any atom is 0.208 e. The number of rotatable bonds is 2. The summed E-state index contributed by atoms with van der Waals surface area (Å²) >= 11 is 1.09. The van der Waals surface area contributed by atoms with E-state index < -0.39 is 32.9 Å². The Kier molecular flexibility index (Phi) is 5.45. The molecule has 1 fully saturated rings. The number of fused-ring (bicyclic) bond motifs is 7. The highest BCUT2D eigenvalue weighted by Crippen LogP contribution is 2.45. The molecule has 3 aromatic rings. The lowest BCUT2D eigenvalue weighted by molar-refractivity contribution is 0.289. The molecule has 5 rings (SSSR count). The summed E-state index contributed by atoms with van der Waals surface area (Å²) in [6.07, 6.45) is 2.67. The Hall–Kier alpha value is -2.50. The standard InChI is InChI=1S/C22H20F3N3O3S2/c1-33(29,30)28-13-5-6-22(10-13)9-12-7-15(18(25)8-17(12)24)14-3-2-4-16(23)20(14)31-11-19-26-21(22)27-32-19/h2-4,7-8,13,28H,5-6,9-11H2,1H3/t13-,22+/m0/s1. The fraction of sp³-hybridized carbons (Fsp3) is 0.364. The number of ether oxygens (including phenoxy) is 1. The lowest BCUT2D eigenvalue weighted by atomic mass is 9.78. The minimum atomic E-state index is -3.43. The molecule has 6 nitrogen and oxygen atoms in total. The molecule has 2 aromatic carbocycles. The fourth-order valence-corrected chi connectivity index (χ4v) is 6.27. The van der Waals surface area contributed by atoms with Gasteiger partial charge >= 0.3 is 0 Å². The Labute approximate surface area is 193 Å². The molecule has 0 radical (unpaired) electrons. The topological polar surface area (TPSA) is 81.2 Å². The molecular weight excluding hydrogens is 475 g/mol. The Morgan fingerprint density at radius 2 is 1.97 bits per heavy atom. The van der Waals surface area contributed by atoms with E-state index in [1.165, 1.54) is 24.3 Å². The predicted molar refractivity (Wildman–Crippen MR) is 117 cm³/mol. The third kappa shape index (κ3) is 4.24. The molecule has 174 valence electrons. The van der Waals surface area contributed by atoms with Crippen LogP contribution in [-0.2, 0) is 28.5 Å². The van der Waals surface area contributed by atoms with Gasteiger partial charge < -0.3 is 4.74 Å².